The first-order valence-corrected chi connectivity index (χ1v) is 4.81. The molecular weight excluding hydrogens is 191 g/mol. The predicted octanol–water partition coefficient (Wildman–Crippen LogP) is 4.08. The lowest BCUT2D eigenvalue weighted by atomic mass is 9.80. The molecule has 1 saturated carbocycles. The monoisotopic (exact) mass is 199 g/mol. The third-order valence-electron chi connectivity index (χ3n) is 2.29. The standard InChI is InChI=1S/C10H9Cl2/c11-8-4-5-9(10(12)6-8)7-2-1-3-7/h2,4-7H,1,3H2. The number of hydrogen-bond donors (Lipinski definition) is 0. The summed E-state index contributed by atoms with van der Waals surface area (Å²) in [6.45, 7) is 0. The summed E-state index contributed by atoms with van der Waals surface area (Å²) in [6, 6.07) is 5.73. The number of halogens is 2. The molecule has 0 N–H and O–H groups in total. The van der Waals surface area contributed by atoms with Crippen molar-refractivity contribution in [2.24, 2.45) is 0 Å². The van der Waals surface area contributed by atoms with Crippen molar-refractivity contribution in [3.63, 3.8) is 0 Å². The van der Waals surface area contributed by atoms with Gasteiger partial charge in [-0.15, -0.1) is 0 Å². The molecule has 2 rings (SSSR count). The van der Waals surface area contributed by atoms with Gasteiger partial charge < -0.3 is 0 Å². The molecule has 1 atom stereocenters. The first kappa shape index (κ1) is 8.40. The predicted molar refractivity (Wildman–Crippen MR) is 52.7 cm³/mol. The van der Waals surface area contributed by atoms with Crippen LogP contribution in [-0.4, -0.2) is 0 Å². The Morgan fingerprint density at radius 3 is 2.50 bits per heavy atom. The van der Waals surface area contributed by atoms with Crippen LogP contribution in [0.2, 0.25) is 10.0 Å². The zero-order chi connectivity index (χ0) is 8.55. The van der Waals surface area contributed by atoms with Crippen molar-refractivity contribution in [3.8, 4) is 0 Å². The van der Waals surface area contributed by atoms with Gasteiger partial charge in [-0.05, 0) is 42.9 Å². The maximum absolute atomic E-state index is 6.03. The molecule has 1 aromatic carbocycles. The van der Waals surface area contributed by atoms with Gasteiger partial charge in [-0.25, -0.2) is 0 Å². The van der Waals surface area contributed by atoms with E-state index in [0.29, 0.717) is 10.9 Å². The number of benzene rings is 1. The molecule has 0 heterocycles. The molecule has 0 aromatic heterocycles. The van der Waals surface area contributed by atoms with Crippen LogP contribution < -0.4 is 0 Å². The fraction of sp³-hybridized carbons (Fsp3) is 0.300. The first-order valence-electron chi connectivity index (χ1n) is 4.05. The van der Waals surface area contributed by atoms with E-state index in [4.69, 9.17) is 23.2 Å². The van der Waals surface area contributed by atoms with Crippen molar-refractivity contribution in [3.05, 3.63) is 40.2 Å². The molecule has 1 aromatic rings. The van der Waals surface area contributed by atoms with Crippen LogP contribution in [0.5, 0.6) is 0 Å². The first-order chi connectivity index (χ1) is 5.77. The van der Waals surface area contributed by atoms with Gasteiger partial charge in [-0.3, -0.25) is 0 Å². The summed E-state index contributed by atoms with van der Waals surface area (Å²) in [4.78, 5) is 0. The van der Waals surface area contributed by atoms with Crippen molar-refractivity contribution in [2.45, 2.75) is 18.8 Å². The Kier molecular flexibility index (Phi) is 2.29. The van der Waals surface area contributed by atoms with Gasteiger partial charge in [-0.1, -0.05) is 29.3 Å². The van der Waals surface area contributed by atoms with Crippen LogP contribution >= 0.6 is 23.2 Å². The molecule has 0 bridgehead atoms. The summed E-state index contributed by atoms with van der Waals surface area (Å²) in [7, 11) is 0. The van der Waals surface area contributed by atoms with Gasteiger partial charge in [0.2, 0.25) is 0 Å². The van der Waals surface area contributed by atoms with Gasteiger partial charge in [0, 0.05) is 10.0 Å². The van der Waals surface area contributed by atoms with E-state index in [1.165, 1.54) is 18.4 Å². The van der Waals surface area contributed by atoms with Crippen LogP contribution in [0.3, 0.4) is 0 Å². The second-order valence-corrected chi connectivity index (χ2v) is 3.93. The number of hydrogen-bond acceptors (Lipinski definition) is 0. The molecule has 12 heavy (non-hydrogen) atoms. The largest absolute Gasteiger partial charge is 0.0843 e. The molecule has 0 saturated heterocycles. The average Bonchev–Trinajstić information content (AvgIpc) is 1.91. The molecule has 0 amide bonds. The Morgan fingerprint density at radius 2 is 2.00 bits per heavy atom. The fourth-order valence-corrected chi connectivity index (χ4v) is 1.97. The van der Waals surface area contributed by atoms with E-state index in [0.717, 1.165) is 5.02 Å². The molecule has 0 nitrogen and oxygen atoms in total. The zero-order valence-electron chi connectivity index (χ0n) is 6.56. The highest BCUT2D eigenvalue weighted by Gasteiger charge is 2.21. The Labute approximate surface area is 82.5 Å². The lowest BCUT2D eigenvalue weighted by Gasteiger charge is -2.26. The molecule has 1 aliphatic rings. The smallest absolute Gasteiger partial charge is 0.0455 e. The zero-order valence-corrected chi connectivity index (χ0v) is 8.07. The molecule has 1 fully saturated rings. The van der Waals surface area contributed by atoms with E-state index in [-0.39, 0.29) is 0 Å². The van der Waals surface area contributed by atoms with Crippen LogP contribution in [0.1, 0.15) is 24.3 Å². The summed E-state index contributed by atoms with van der Waals surface area (Å²) in [5, 5.41) is 1.51. The van der Waals surface area contributed by atoms with E-state index >= 15 is 0 Å². The Morgan fingerprint density at radius 1 is 1.25 bits per heavy atom. The Hall–Kier alpha value is -0.200. The third-order valence-corrected chi connectivity index (χ3v) is 2.85. The maximum atomic E-state index is 6.03. The number of rotatable bonds is 1. The normalized spacial score (nSPS) is 17.5. The summed E-state index contributed by atoms with van der Waals surface area (Å²) in [5.74, 6) is 0.565. The molecular formula is C10H9Cl2. The summed E-state index contributed by atoms with van der Waals surface area (Å²) in [5.41, 5.74) is 1.22. The minimum Gasteiger partial charge on any atom is -0.0843 e. The van der Waals surface area contributed by atoms with E-state index in [1.807, 2.05) is 18.2 Å². The van der Waals surface area contributed by atoms with Crippen molar-refractivity contribution >= 4 is 23.2 Å². The minimum absolute atomic E-state index is 0.565. The van der Waals surface area contributed by atoms with E-state index in [1.54, 1.807) is 0 Å². The molecule has 1 unspecified atom stereocenters. The van der Waals surface area contributed by atoms with Crippen LogP contribution in [0.4, 0.5) is 0 Å². The van der Waals surface area contributed by atoms with Crippen molar-refractivity contribution in [2.75, 3.05) is 0 Å². The van der Waals surface area contributed by atoms with Gasteiger partial charge in [0.15, 0.2) is 0 Å². The van der Waals surface area contributed by atoms with Gasteiger partial charge in [0.25, 0.3) is 0 Å². The van der Waals surface area contributed by atoms with Crippen molar-refractivity contribution in [1.82, 2.24) is 0 Å². The van der Waals surface area contributed by atoms with Crippen LogP contribution in [0.25, 0.3) is 0 Å². The molecule has 0 aliphatic heterocycles. The van der Waals surface area contributed by atoms with Crippen molar-refractivity contribution in [1.29, 1.82) is 0 Å². The molecule has 2 heteroatoms. The lowest BCUT2D eigenvalue weighted by Crippen LogP contribution is -2.09. The minimum atomic E-state index is 0.565. The average molecular weight is 200 g/mol. The Balaban J connectivity index is 2.31. The molecule has 63 valence electrons. The molecule has 0 spiro atoms. The van der Waals surface area contributed by atoms with Crippen molar-refractivity contribution < 1.29 is 0 Å². The Bertz CT molecular complexity index is 290. The van der Waals surface area contributed by atoms with Gasteiger partial charge in [0.05, 0.1) is 0 Å². The fourth-order valence-electron chi connectivity index (χ4n) is 1.42. The van der Waals surface area contributed by atoms with Crippen LogP contribution in [-0.2, 0) is 0 Å². The third kappa shape index (κ3) is 1.46. The molecule has 1 radical (unpaired) electrons. The van der Waals surface area contributed by atoms with Gasteiger partial charge in [-0.2, -0.15) is 0 Å². The SMILES string of the molecule is Clc1ccc(C2[CH]CC2)c(Cl)c1. The second-order valence-electron chi connectivity index (χ2n) is 3.09. The van der Waals surface area contributed by atoms with Crippen LogP contribution in [0, 0.1) is 6.42 Å². The molecule has 1 aliphatic carbocycles. The highest BCUT2D eigenvalue weighted by Crippen LogP contribution is 2.39. The highest BCUT2D eigenvalue weighted by molar-refractivity contribution is 6.35. The van der Waals surface area contributed by atoms with E-state index in [9.17, 15) is 0 Å². The maximum Gasteiger partial charge on any atom is 0.0455 e. The van der Waals surface area contributed by atoms with Crippen LogP contribution in [0.15, 0.2) is 18.2 Å². The highest BCUT2D eigenvalue weighted by atomic mass is 35.5. The van der Waals surface area contributed by atoms with Gasteiger partial charge >= 0.3 is 0 Å². The topological polar surface area (TPSA) is 0 Å². The summed E-state index contributed by atoms with van der Waals surface area (Å²) >= 11 is 11.8. The van der Waals surface area contributed by atoms with E-state index in [2.05, 4.69) is 6.42 Å². The summed E-state index contributed by atoms with van der Waals surface area (Å²) < 4.78 is 0. The second kappa shape index (κ2) is 3.27. The van der Waals surface area contributed by atoms with E-state index < -0.39 is 0 Å². The quantitative estimate of drug-likeness (QED) is 0.640. The lowest BCUT2D eigenvalue weighted by molar-refractivity contribution is 0.554. The van der Waals surface area contributed by atoms with Gasteiger partial charge in [0.1, 0.15) is 0 Å². The summed E-state index contributed by atoms with van der Waals surface area (Å²) in [6.07, 6.45) is 4.72.